The average Bonchev–Trinajstić information content (AvgIpc) is 3.17. The SMILES string of the molecule is Cl.O=C(OCc1ccccc1)C1CC12CCNCC2(F)F. The van der Waals surface area contributed by atoms with E-state index in [0.29, 0.717) is 13.0 Å². The van der Waals surface area contributed by atoms with Gasteiger partial charge >= 0.3 is 5.97 Å². The van der Waals surface area contributed by atoms with Gasteiger partial charge in [0.25, 0.3) is 5.92 Å². The van der Waals surface area contributed by atoms with Crippen LogP contribution >= 0.6 is 12.4 Å². The lowest BCUT2D eigenvalue weighted by Crippen LogP contribution is -2.49. The van der Waals surface area contributed by atoms with Gasteiger partial charge in [0.1, 0.15) is 6.61 Å². The molecule has 2 unspecified atom stereocenters. The number of rotatable bonds is 3. The van der Waals surface area contributed by atoms with E-state index in [1.54, 1.807) is 0 Å². The van der Waals surface area contributed by atoms with Crippen LogP contribution in [-0.4, -0.2) is 25.0 Å². The van der Waals surface area contributed by atoms with E-state index >= 15 is 0 Å². The van der Waals surface area contributed by atoms with Gasteiger partial charge in [-0.3, -0.25) is 4.79 Å². The van der Waals surface area contributed by atoms with E-state index in [2.05, 4.69) is 5.32 Å². The fourth-order valence-corrected chi connectivity index (χ4v) is 3.04. The van der Waals surface area contributed by atoms with Crippen LogP contribution in [0.2, 0.25) is 0 Å². The summed E-state index contributed by atoms with van der Waals surface area (Å²) in [6, 6.07) is 9.26. The predicted molar refractivity (Wildman–Crippen MR) is 76.5 cm³/mol. The summed E-state index contributed by atoms with van der Waals surface area (Å²) in [6.07, 6.45) is 0.584. The van der Waals surface area contributed by atoms with Crippen LogP contribution in [0.5, 0.6) is 0 Å². The van der Waals surface area contributed by atoms with Gasteiger partial charge in [-0.25, -0.2) is 8.78 Å². The first-order valence-electron chi connectivity index (χ1n) is 6.84. The molecule has 116 valence electrons. The molecule has 1 N–H and O–H groups in total. The third-order valence-corrected chi connectivity index (χ3v) is 4.41. The number of nitrogens with one attached hydrogen (secondary N) is 1. The van der Waals surface area contributed by atoms with Crippen molar-refractivity contribution in [2.75, 3.05) is 13.1 Å². The van der Waals surface area contributed by atoms with E-state index < -0.39 is 23.2 Å². The third-order valence-electron chi connectivity index (χ3n) is 4.41. The van der Waals surface area contributed by atoms with Crippen molar-refractivity contribution >= 4 is 18.4 Å². The van der Waals surface area contributed by atoms with Gasteiger partial charge in [-0.1, -0.05) is 30.3 Å². The van der Waals surface area contributed by atoms with Crippen molar-refractivity contribution in [3.63, 3.8) is 0 Å². The smallest absolute Gasteiger partial charge is 0.310 e. The standard InChI is InChI=1S/C15H17F2NO2.ClH/c16-15(17)10-18-7-6-14(15)8-12(14)13(19)20-9-11-4-2-1-3-5-11;/h1-5,12,18H,6-10H2;1H. The van der Waals surface area contributed by atoms with Crippen molar-refractivity contribution in [3.05, 3.63) is 35.9 Å². The Morgan fingerprint density at radius 1 is 1.33 bits per heavy atom. The molecule has 1 saturated heterocycles. The molecule has 2 fully saturated rings. The van der Waals surface area contributed by atoms with E-state index in [1.807, 2.05) is 30.3 Å². The zero-order valence-electron chi connectivity index (χ0n) is 11.5. The van der Waals surface area contributed by atoms with Gasteiger partial charge in [0.05, 0.1) is 17.9 Å². The van der Waals surface area contributed by atoms with Gasteiger partial charge in [-0.05, 0) is 24.9 Å². The van der Waals surface area contributed by atoms with Crippen LogP contribution in [0.25, 0.3) is 0 Å². The molecule has 0 aromatic heterocycles. The first kappa shape index (κ1) is 16.2. The molecular weight excluding hydrogens is 300 g/mol. The van der Waals surface area contributed by atoms with Crippen LogP contribution in [-0.2, 0) is 16.1 Å². The zero-order valence-corrected chi connectivity index (χ0v) is 12.3. The molecule has 21 heavy (non-hydrogen) atoms. The third kappa shape index (κ3) is 2.90. The fraction of sp³-hybridized carbons (Fsp3) is 0.533. The van der Waals surface area contributed by atoms with Gasteiger partial charge < -0.3 is 10.1 Å². The lowest BCUT2D eigenvalue weighted by atomic mass is 9.88. The molecule has 0 radical (unpaired) electrons. The number of alkyl halides is 2. The van der Waals surface area contributed by atoms with Crippen LogP contribution in [0.4, 0.5) is 8.78 Å². The number of esters is 1. The van der Waals surface area contributed by atoms with E-state index in [1.165, 1.54) is 0 Å². The minimum Gasteiger partial charge on any atom is -0.461 e. The Balaban J connectivity index is 0.00000161. The predicted octanol–water partition coefficient (Wildman–Crippen LogP) is 2.79. The molecule has 0 amide bonds. The molecule has 6 heteroatoms. The largest absolute Gasteiger partial charge is 0.461 e. The maximum Gasteiger partial charge on any atom is 0.310 e. The number of piperidine rings is 1. The molecule has 1 aromatic carbocycles. The van der Waals surface area contributed by atoms with Crippen molar-refractivity contribution in [1.82, 2.24) is 5.32 Å². The van der Waals surface area contributed by atoms with E-state index in [0.717, 1.165) is 5.56 Å². The zero-order chi connectivity index (χ0) is 14.2. The van der Waals surface area contributed by atoms with Crippen molar-refractivity contribution in [1.29, 1.82) is 0 Å². The highest BCUT2D eigenvalue weighted by molar-refractivity contribution is 5.85. The van der Waals surface area contributed by atoms with Crippen LogP contribution in [0.15, 0.2) is 30.3 Å². The summed E-state index contributed by atoms with van der Waals surface area (Å²) in [5.41, 5.74) is -0.293. The average molecular weight is 318 g/mol. The minimum absolute atomic E-state index is 0. The Bertz CT molecular complexity index is 512. The normalized spacial score (nSPS) is 29.5. The number of halogens is 3. The summed E-state index contributed by atoms with van der Waals surface area (Å²) in [5, 5.41) is 2.69. The van der Waals surface area contributed by atoms with Gasteiger partial charge in [-0.2, -0.15) is 0 Å². The maximum atomic E-state index is 13.9. The quantitative estimate of drug-likeness (QED) is 0.871. The van der Waals surface area contributed by atoms with E-state index in [4.69, 9.17) is 4.74 Å². The number of hydrogen-bond acceptors (Lipinski definition) is 3. The molecule has 1 heterocycles. The fourth-order valence-electron chi connectivity index (χ4n) is 3.04. The highest BCUT2D eigenvalue weighted by Gasteiger charge is 2.72. The molecule has 2 atom stereocenters. The summed E-state index contributed by atoms with van der Waals surface area (Å²) < 4.78 is 33.1. The molecule has 2 aliphatic rings. The Morgan fingerprint density at radius 3 is 2.71 bits per heavy atom. The Kier molecular flexibility index (Phi) is 4.54. The molecule has 1 saturated carbocycles. The summed E-state index contributed by atoms with van der Waals surface area (Å²) in [6.45, 7) is 0.351. The summed E-state index contributed by atoms with van der Waals surface area (Å²) in [7, 11) is 0. The van der Waals surface area contributed by atoms with Crippen molar-refractivity contribution < 1.29 is 18.3 Å². The Morgan fingerprint density at radius 2 is 2.05 bits per heavy atom. The maximum absolute atomic E-state index is 13.9. The van der Waals surface area contributed by atoms with Crippen molar-refractivity contribution in [3.8, 4) is 0 Å². The van der Waals surface area contributed by atoms with E-state index in [9.17, 15) is 13.6 Å². The van der Waals surface area contributed by atoms with Crippen molar-refractivity contribution in [2.24, 2.45) is 11.3 Å². The van der Waals surface area contributed by atoms with Gasteiger partial charge in [-0.15, -0.1) is 12.4 Å². The summed E-state index contributed by atoms with van der Waals surface area (Å²) >= 11 is 0. The molecule has 1 aliphatic heterocycles. The molecule has 3 nitrogen and oxygen atoms in total. The highest BCUT2D eigenvalue weighted by Crippen LogP contribution is 2.65. The monoisotopic (exact) mass is 317 g/mol. The molecule has 0 bridgehead atoms. The van der Waals surface area contributed by atoms with Crippen LogP contribution in [0.3, 0.4) is 0 Å². The van der Waals surface area contributed by atoms with Crippen LogP contribution in [0, 0.1) is 11.3 Å². The second kappa shape index (κ2) is 5.89. The summed E-state index contributed by atoms with van der Waals surface area (Å²) in [4.78, 5) is 12.0. The second-order valence-electron chi connectivity index (χ2n) is 5.64. The first-order valence-corrected chi connectivity index (χ1v) is 6.84. The van der Waals surface area contributed by atoms with Gasteiger partial charge in [0, 0.05) is 0 Å². The Hall–Kier alpha value is -1.20. The lowest BCUT2D eigenvalue weighted by Gasteiger charge is -2.32. The molecule has 1 aliphatic carbocycles. The van der Waals surface area contributed by atoms with E-state index in [-0.39, 0.29) is 32.0 Å². The number of carbonyl (C=O) groups excluding carboxylic acids is 1. The molecule has 1 spiro atoms. The van der Waals surface area contributed by atoms with Gasteiger partial charge in [0.15, 0.2) is 0 Å². The second-order valence-corrected chi connectivity index (χ2v) is 5.64. The molecule has 1 aromatic rings. The minimum atomic E-state index is -2.82. The first-order chi connectivity index (χ1) is 9.55. The number of benzene rings is 1. The number of carbonyl (C=O) groups is 1. The topological polar surface area (TPSA) is 38.3 Å². The van der Waals surface area contributed by atoms with Crippen LogP contribution in [0.1, 0.15) is 18.4 Å². The highest BCUT2D eigenvalue weighted by atomic mass is 35.5. The van der Waals surface area contributed by atoms with Crippen molar-refractivity contribution in [2.45, 2.75) is 25.4 Å². The summed E-state index contributed by atoms with van der Waals surface area (Å²) in [5.74, 6) is -3.96. The lowest BCUT2D eigenvalue weighted by molar-refractivity contribution is -0.153. The van der Waals surface area contributed by atoms with Gasteiger partial charge in [0.2, 0.25) is 0 Å². The van der Waals surface area contributed by atoms with Crippen LogP contribution < -0.4 is 5.32 Å². The Labute approximate surface area is 128 Å². The number of ether oxygens (including phenoxy) is 1. The molecule has 3 rings (SSSR count). The molecular formula is C15H18ClF2NO2. The number of hydrogen-bond donors (Lipinski definition) is 1.